The van der Waals surface area contributed by atoms with Crippen LogP contribution in [0.25, 0.3) is 0 Å². The highest BCUT2D eigenvalue weighted by molar-refractivity contribution is 5.69. The number of rotatable bonds is 1. The smallest absolute Gasteiger partial charge is 0.410 e. The Bertz CT molecular complexity index is 564. The molecule has 0 aliphatic carbocycles. The number of phenols is 1. The fourth-order valence-corrected chi connectivity index (χ4v) is 2.26. The summed E-state index contributed by atoms with van der Waals surface area (Å²) in [6, 6.07) is 2.42. The number of benzene rings is 1. The van der Waals surface area contributed by atoms with Crippen LogP contribution in [0.1, 0.15) is 20.8 Å². The van der Waals surface area contributed by atoms with Gasteiger partial charge in [-0.1, -0.05) is 0 Å². The number of nitrogens with zero attached hydrogens (tertiary/aromatic N) is 2. The van der Waals surface area contributed by atoms with Crippen LogP contribution in [0.15, 0.2) is 12.1 Å². The molecule has 1 aromatic rings. The molecular weight excluding hydrogens is 289 g/mol. The summed E-state index contributed by atoms with van der Waals surface area (Å²) in [5.41, 5.74) is 5.22. The van der Waals surface area contributed by atoms with E-state index in [1.165, 1.54) is 6.07 Å². The number of carbonyl (C=O) groups is 1. The summed E-state index contributed by atoms with van der Waals surface area (Å²) in [4.78, 5) is 15.3. The zero-order chi connectivity index (χ0) is 16.5. The van der Waals surface area contributed by atoms with E-state index in [4.69, 9.17) is 10.5 Å². The van der Waals surface area contributed by atoms with Crippen molar-refractivity contribution in [1.82, 2.24) is 4.90 Å². The molecule has 22 heavy (non-hydrogen) atoms. The van der Waals surface area contributed by atoms with Crippen molar-refractivity contribution in [3.05, 3.63) is 17.9 Å². The SMILES string of the molecule is CC(C)(C)OC(=O)N1CCN(c2cc(O)c(N)cc2F)CC1. The molecule has 1 saturated heterocycles. The first-order chi connectivity index (χ1) is 10.2. The van der Waals surface area contributed by atoms with E-state index in [2.05, 4.69) is 0 Å². The molecule has 6 nitrogen and oxygen atoms in total. The third kappa shape index (κ3) is 3.72. The molecule has 0 spiro atoms. The lowest BCUT2D eigenvalue weighted by molar-refractivity contribution is 0.0240. The molecule has 1 aliphatic heterocycles. The molecule has 2 rings (SSSR count). The van der Waals surface area contributed by atoms with Gasteiger partial charge in [-0.2, -0.15) is 0 Å². The predicted molar refractivity (Wildman–Crippen MR) is 82.5 cm³/mol. The van der Waals surface area contributed by atoms with Crippen molar-refractivity contribution in [3.8, 4) is 5.75 Å². The van der Waals surface area contributed by atoms with Gasteiger partial charge in [-0.05, 0) is 20.8 Å². The molecule has 0 radical (unpaired) electrons. The molecule has 3 N–H and O–H groups in total. The van der Waals surface area contributed by atoms with Gasteiger partial charge in [-0.3, -0.25) is 0 Å². The Hall–Kier alpha value is -2.18. The summed E-state index contributed by atoms with van der Waals surface area (Å²) >= 11 is 0. The third-order valence-corrected chi connectivity index (χ3v) is 3.37. The van der Waals surface area contributed by atoms with E-state index in [0.717, 1.165) is 6.07 Å². The van der Waals surface area contributed by atoms with E-state index in [1.807, 2.05) is 20.8 Å². The first-order valence-electron chi connectivity index (χ1n) is 7.18. The fraction of sp³-hybridized carbons (Fsp3) is 0.533. The van der Waals surface area contributed by atoms with Crippen LogP contribution in [0.5, 0.6) is 5.75 Å². The van der Waals surface area contributed by atoms with Crippen LogP contribution in [0.4, 0.5) is 20.6 Å². The van der Waals surface area contributed by atoms with Crippen molar-refractivity contribution in [1.29, 1.82) is 0 Å². The number of anilines is 2. The highest BCUT2D eigenvalue weighted by Gasteiger charge is 2.27. The maximum Gasteiger partial charge on any atom is 0.410 e. The minimum Gasteiger partial charge on any atom is -0.506 e. The first kappa shape index (κ1) is 16.2. The van der Waals surface area contributed by atoms with Crippen molar-refractivity contribution >= 4 is 17.5 Å². The molecule has 0 unspecified atom stereocenters. The summed E-state index contributed by atoms with van der Waals surface area (Å²) < 4.78 is 19.3. The second kappa shape index (κ2) is 5.90. The quantitative estimate of drug-likeness (QED) is 0.614. The molecule has 1 fully saturated rings. The average molecular weight is 311 g/mol. The molecule has 0 saturated carbocycles. The Labute approximate surface area is 129 Å². The highest BCUT2D eigenvalue weighted by atomic mass is 19.1. The number of hydrogen-bond donors (Lipinski definition) is 2. The van der Waals surface area contributed by atoms with Crippen LogP contribution in [-0.2, 0) is 4.74 Å². The minimum absolute atomic E-state index is 0.00800. The lowest BCUT2D eigenvalue weighted by Gasteiger charge is -2.36. The fourth-order valence-electron chi connectivity index (χ4n) is 2.26. The summed E-state index contributed by atoms with van der Waals surface area (Å²) in [5, 5.41) is 9.62. The van der Waals surface area contributed by atoms with Gasteiger partial charge in [0, 0.05) is 38.3 Å². The van der Waals surface area contributed by atoms with Crippen molar-refractivity contribution in [3.63, 3.8) is 0 Å². The number of hydrogen-bond acceptors (Lipinski definition) is 5. The van der Waals surface area contributed by atoms with E-state index in [9.17, 15) is 14.3 Å². The van der Waals surface area contributed by atoms with Crippen LogP contribution in [-0.4, -0.2) is 47.9 Å². The number of piperazine rings is 1. The molecule has 0 bridgehead atoms. The molecule has 1 aromatic carbocycles. The van der Waals surface area contributed by atoms with Gasteiger partial charge in [0.1, 0.15) is 17.2 Å². The standard InChI is InChI=1S/C15H22FN3O3/c1-15(2,3)22-14(21)19-6-4-18(5-7-19)12-9-13(20)11(17)8-10(12)16/h8-9,20H,4-7,17H2,1-3H3. The van der Waals surface area contributed by atoms with Gasteiger partial charge >= 0.3 is 6.09 Å². The zero-order valence-electron chi connectivity index (χ0n) is 13.1. The van der Waals surface area contributed by atoms with Crippen LogP contribution in [0.2, 0.25) is 0 Å². The Morgan fingerprint density at radius 2 is 1.86 bits per heavy atom. The van der Waals surface area contributed by atoms with E-state index >= 15 is 0 Å². The van der Waals surface area contributed by atoms with Gasteiger partial charge in [-0.25, -0.2) is 9.18 Å². The molecule has 1 amide bonds. The van der Waals surface area contributed by atoms with Gasteiger partial charge in [0.15, 0.2) is 0 Å². The van der Waals surface area contributed by atoms with Crippen molar-refractivity contribution in [2.24, 2.45) is 0 Å². The Morgan fingerprint density at radius 3 is 2.41 bits per heavy atom. The van der Waals surface area contributed by atoms with E-state index in [-0.39, 0.29) is 23.2 Å². The number of amides is 1. The summed E-state index contributed by atoms with van der Waals surface area (Å²) in [7, 11) is 0. The van der Waals surface area contributed by atoms with Crippen LogP contribution < -0.4 is 10.6 Å². The van der Waals surface area contributed by atoms with Crippen molar-refractivity contribution in [2.75, 3.05) is 36.8 Å². The van der Waals surface area contributed by atoms with E-state index in [1.54, 1.807) is 9.80 Å². The van der Waals surface area contributed by atoms with Crippen LogP contribution in [0, 0.1) is 5.82 Å². The summed E-state index contributed by atoms with van der Waals surface area (Å²) in [5.74, 6) is -0.632. The number of phenolic OH excluding ortho intramolecular Hbond substituents is 1. The molecule has 7 heteroatoms. The zero-order valence-corrected chi connectivity index (χ0v) is 13.1. The topological polar surface area (TPSA) is 79.0 Å². The van der Waals surface area contributed by atoms with Crippen molar-refractivity contribution in [2.45, 2.75) is 26.4 Å². The Morgan fingerprint density at radius 1 is 1.27 bits per heavy atom. The number of halogens is 1. The monoisotopic (exact) mass is 311 g/mol. The maximum absolute atomic E-state index is 14.0. The Kier molecular flexibility index (Phi) is 4.35. The lowest BCUT2D eigenvalue weighted by atomic mass is 10.2. The average Bonchev–Trinajstić information content (AvgIpc) is 2.41. The van der Waals surface area contributed by atoms with Gasteiger partial charge in [-0.15, -0.1) is 0 Å². The van der Waals surface area contributed by atoms with Gasteiger partial charge in [0.05, 0.1) is 11.4 Å². The second-order valence-electron chi connectivity index (χ2n) is 6.32. The summed E-state index contributed by atoms with van der Waals surface area (Å²) in [6.07, 6.45) is -0.368. The number of carbonyl (C=O) groups excluding carboxylic acids is 1. The number of ether oxygens (including phenoxy) is 1. The summed E-state index contributed by atoms with van der Waals surface area (Å²) in [6.45, 7) is 7.22. The molecule has 0 atom stereocenters. The number of nitrogens with two attached hydrogens (primary N) is 1. The molecule has 1 heterocycles. The number of nitrogen functional groups attached to an aromatic ring is 1. The maximum atomic E-state index is 14.0. The van der Waals surface area contributed by atoms with Gasteiger partial charge < -0.3 is 25.4 Å². The molecule has 0 aromatic heterocycles. The predicted octanol–water partition coefficient (Wildman–Crippen LogP) is 2.17. The number of aromatic hydroxyl groups is 1. The van der Waals surface area contributed by atoms with Crippen LogP contribution in [0.3, 0.4) is 0 Å². The first-order valence-corrected chi connectivity index (χ1v) is 7.18. The normalized spacial score (nSPS) is 15.8. The Balaban J connectivity index is 2.01. The minimum atomic E-state index is -0.539. The lowest BCUT2D eigenvalue weighted by Crippen LogP contribution is -2.50. The van der Waals surface area contributed by atoms with Crippen molar-refractivity contribution < 1.29 is 19.0 Å². The van der Waals surface area contributed by atoms with E-state index < -0.39 is 11.4 Å². The largest absolute Gasteiger partial charge is 0.506 e. The molecular formula is C15H22FN3O3. The van der Waals surface area contributed by atoms with Crippen LogP contribution >= 0.6 is 0 Å². The van der Waals surface area contributed by atoms with Gasteiger partial charge in [0.25, 0.3) is 0 Å². The second-order valence-corrected chi connectivity index (χ2v) is 6.32. The van der Waals surface area contributed by atoms with E-state index in [0.29, 0.717) is 26.2 Å². The molecule has 122 valence electrons. The third-order valence-electron chi connectivity index (χ3n) is 3.37. The van der Waals surface area contributed by atoms with Gasteiger partial charge in [0.2, 0.25) is 0 Å². The highest BCUT2D eigenvalue weighted by Crippen LogP contribution is 2.30. The molecule has 1 aliphatic rings.